The molecule has 0 amide bonds. The van der Waals surface area contributed by atoms with Crippen LogP contribution >= 0.6 is 11.6 Å². The molecule has 1 unspecified atom stereocenters. The zero-order valence-corrected chi connectivity index (χ0v) is 11.3. The molecule has 1 N–H and O–H groups in total. The number of hydrogen-bond acceptors (Lipinski definition) is 2. The molecule has 0 spiro atoms. The summed E-state index contributed by atoms with van der Waals surface area (Å²) in [5.41, 5.74) is 2.08. The maximum absolute atomic E-state index is 5.99. The summed E-state index contributed by atoms with van der Waals surface area (Å²) in [5, 5.41) is 4.20. The maximum Gasteiger partial charge on any atom is 0.123 e. The van der Waals surface area contributed by atoms with Gasteiger partial charge in [0, 0.05) is 18.1 Å². The van der Waals surface area contributed by atoms with Gasteiger partial charge in [0.15, 0.2) is 0 Å². The Kier molecular flexibility index (Phi) is 3.69. The summed E-state index contributed by atoms with van der Waals surface area (Å²) in [5.74, 6) is 1.04. The zero-order valence-electron chi connectivity index (χ0n) is 10.5. The molecule has 2 aromatic rings. The van der Waals surface area contributed by atoms with E-state index in [0.717, 1.165) is 34.8 Å². The minimum absolute atomic E-state index is 0.512. The van der Waals surface area contributed by atoms with Gasteiger partial charge >= 0.3 is 0 Å². The van der Waals surface area contributed by atoms with Gasteiger partial charge in [-0.25, -0.2) is 4.98 Å². The standard InChI is InChI=1S/C13H18ClN3/c1-4-9(2)15-8-13-16-11-6-5-10(14)7-12(11)17(13)3/h5-7,9,15H,4,8H2,1-3H3. The number of aromatic nitrogens is 2. The third kappa shape index (κ3) is 2.61. The highest BCUT2D eigenvalue weighted by Crippen LogP contribution is 2.19. The Labute approximate surface area is 107 Å². The van der Waals surface area contributed by atoms with Gasteiger partial charge in [0.05, 0.1) is 17.6 Å². The van der Waals surface area contributed by atoms with E-state index in [0.29, 0.717) is 6.04 Å². The summed E-state index contributed by atoms with van der Waals surface area (Å²) in [4.78, 5) is 4.60. The fraction of sp³-hybridized carbons (Fsp3) is 0.462. The van der Waals surface area contributed by atoms with Crippen LogP contribution in [0.3, 0.4) is 0 Å². The van der Waals surface area contributed by atoms with Gasteiger partial charge in [-0.1, -0.05) is 18.5 Å². The SMILES string of the molecule is CCC(C)NCc1nc2ccc(Cl)cc2n1C. The molecule has 17 heavy (non-hydrogen) atoms. The first-order valence-electron chi connectivity index (χ1n) is 5.96. The molecule has 0 saturated heterocycles. The highest BCUT2D eigenvalue weighted by Gasteiger charge is 2.08. The van der Waals surface area contributed by atoms with E-state index in [1.807, 2.05) is 25.2 Å². The Bertz CT molecular complexity index is 519. The molecule has 0 fully saturated rings. The van der Waals surface area contributed by atoms with Crippen molar-refractivity contribution in [3.8, 4) is 0 Å². The molecule has 0 saturated carbocycles. The van der Waals surface area contributed by atoms with Crippen LogP contribution in [0, 0.1) is 0 Å². The van der Waals surface area contributed by atoms with Crippen LogP contribution in [0.15, 0.2) is 18.2 Å². The van der Waals surface area contributed by atoms with Gasteiger partial charge in [-0.3, -0.25) is 0 Å². The molecular formula is C13H18ClN3. The molecule has 0 aliphatic heterocycles. The molecule has 1 aromatic carbocycles. The second-order valence-electron chi connectivity index (χ2n) is 4.41. The summed E-state index contributed by atoms with van der Waals surface area (Å²) in [6, 6.07) is 6.31. The van der Waals surface area contributed by atoms with E-state index in [4.69, 9.17) is 11.6 Å². The first kappa shape index (κ1) is 12.4. The first-order chi connectivity index (χ1) is 8.11. The molecule has 1 aromatic heterocycles. The van der Waals surface area contributed by atoms with Crippen molar-refractivity contribution in [3.63, 3.8) is 0 Å². The molecule has 0 bridgehead atoms. The minimum atomic E-state index is 0.512. The number of imidazole rings is 1. The van der Waals surface area contributed by atoms with E-state index in [2.05, 4.69) is 28.7 Å². The molecule has 1 heterocycles. The van der Waals surface area contributed by atoms with Gasteiger partial charge in [-0.15, -0.1) is 0 Å². The normalized spacial score (nSPS) is 13.2. The van der Waals surface area contributed by atoms with E-state index in [1.165, 1.54) is 0 Å². The Balaban J connectivity index is 2.26. The van der Waals surface area contributed by atoms with Gasteiger partial charge in [-0.2, -0.15) is 0 Å². The van der Waals surface area contributed by atoms with Crippen molar-refractivity contribution in [2.75, 3.05) is 0 Å². The first-order valence-corrected chi connectivity index (χ1v) is 6.34. The Morgan fingerprint density at radius 2 is 2.24 bits per heavy atom. The number of fused-ring (bicyclic) bond motifs is 1. The highest BCUT2D eigenvalue weighted by atomic mass is 35.5. The van der Waals surface area contributed by atoms with Crippen molar-refractivity contribution in [2.24, 2.45) is 7.05 Å². The lowest BCUT2D eigenvalue weighted by molar-refractivity contribution is 0.517. The van der Waals surface area contributed by atoms with Gasteiger partial charge in [0.25, 0.3) is 0 Å². The zero-order chi connectivity index (χ0) is 12.4. The molecule has 0 aliphatic rings. The van der Waals surface area contributed by atoms with Gasteiger partial charge in [0.1, 0.15) is 5.82 Å². The van der Waals surface area contributed by atoms with Gasteiger partial charge in [0.2, 0.25) is 0 Å². The van der Waals surface area contributed by atoms with E-state index < -0.39 is 0 Å². The van der Waals surface area contributed by atoms with Crippen LogP contribution in [0.1, 0.15) is 26.1 Å². The predicted molar refractivity (Wildman–Crippen MR) is 72.3 cm³/mol. The van der Waals surface area contributed by atoms with Gasteiger partial charge in [-0.05, 0) is 31.5 Å². The van der Waals surface area contributed by atoms with Crippen molar-refractivity contribution < 1.29 is 0 Å². The number of halogens is 1. The van der Waals surface area contributed by atoms with Crippen molar-refractivity contribution in [3.05, 3.63) is 29.0 Å². The van der Waals surface area contributed by atoms with Crippen molar-refractivity contribution in [1.29, 1.82) is 0 Å². The highest BCUT2D eigenvalue weighted by molar-refractivity contribution is 6.31. The fourth-order valence-electron chi connectivity index (χ4n) is 1.78. The predicted octanol–water partition coefficient (Wildman–Crippen LogP) is 3.11. The van der Waals surface area contributed by atoms with Crippen molar-refractivity contribution >= 4 is 22.6 Å². The molecule has 0 radical (unpaired) electrons. The third-order valence-electron chi connectivity index (χ3n) is 3.16. The third-order valence-corrected chi connectivity index (χ3v) is 3.39. The molecule has 2 rings (SSSR count). The number of nitrogens with one attached hydrogen (secondary N) is 1. The lowest BCUT2D eigenvalue weighted by atomic mass is 10.2. The number of benzene rings is 1. The largest absolute Gasteiger partial charge is 0.330 e. The van der Waals surface area contributed by atoms with E-state index in [9.17, 15) is 0 Å². The number of nitrogens with zero attached hydrogens (tertiary/aromatic N) is 2. The van der Waals surface area contributed by atoms with E-state index in [-0.39, 0.29) is 0 Å². The second kappa shape index (κ2) is 5.07. The van der Waals surface area contributed by atoms with Crippen LogP contribution in [-0.4, -0.2) is 15.6 Å². The van der Waals surface area contributed by atoms with Crippen LogP contribution in [0.2, 0.25) is 5.02 Å². The average Bonchev–Trinajstić information content (AvgIpc) is 2.63. The monoisotopic (exact) mass is 251 g/mol. The lowest BCUT2D eigenvalue weighted by Gasteiger charge is -2.10. The fourth-order valence-corrected chi connectivity index (χ4v) is 1.95. The van der Waals surface area contributed by atoms with Crippen molar-refractivity contribution in [2.45, 2.75) is 32.9 Å². The van der Waals surface area contributed by atoms with Crippen LogP contribution in [-0.2, 0) is 13.6 Å². The van der Waals surface area contributed by atoms with E-state index >= 15 is 0 Å². The molecule has 3 nitrogen and oxygen atoms in total. The number of hydrogen-bond donors (Lipinski definition) is 1. The second-order valence-corrected chi connectivity index (χ2v) is 4.85. The summed E-state index contributed by atoms with van der Waals surface area (Å²) in [7, 11) is 2.03. The Hall–Kier alpha value is -1.06. The molecule has 4 heteroatoms. The topological polar surface area (TPSA) is 29.9 Å². The maximum atomic E-state index is 5.99. The van der Waals surface area contributed by atoms with Crippen LogP contribution < -0.4 is 5.32 Å². The minimum Gasteiger partial charge on any atom is -0.330 e. The Morgan fingerprint density at radius 3 is 2.94 bits per heavy atom. The van der Waals surface area contributed by atoms with Crippen LogP contribution in [0.5, 0.6) is 0 Å². The molecule has 92 valence electrons. The summed E-state index contributed by atoms with van der Waals surface area (Å²) in [6.07, 6.45) is 1.12. The molecular weight excluding hydrogens is 234 g/mol. The quantitative estimate of drug-likeness (QED) is 0.905. The van der Waals surface area contributed by atoms with Crippen molar-refractivity contribution in [1.82, 2.24) is 14.9 Å². The molecule has 0 aliphatic carbocycles. The Morgan fingerprint density at radius 1 is 1.47 bits per heavy atom. The smallest absolute Gasteiger partial charge is 0.123 e. The number of aryl methyl sites for hydroxylation is 1. The summed E-state index contributed by atoms with van der Waals surface area (Å²) < 4.78 is 2.09. The average molecular weight is 252 g/mol. The lowest BCUT2D eigenvalue weighted by Crippen LogP contribution is -2.25. The van der Waals surface area contributed by atoms with Crippen LogP contribution in [0.25, 0.3) is 11.0 Å². The van der Waals surface area contributed by atoms with E-state index in [1.54, 1.807) is 0 Å². The summed E-state index contributed by atoms with van der Waals surface area (Å²) >= 11 is 5.99. The molecule has 1 atom stereocenters. The van der Waals surface area contributed by atoms with Gasteiger partial charge < -0.3 is 9.88 Å². The summed E-state index contributed by atoms with van der Waals surface area (Å²) in [6.45, 7) is 5.14. The van der Waals surface area contributed by atoms with Crippen LogP contribution in [0.4, 0.5) is 0 Å². The number of rotatable bonds is 4.